The highest BCUT2D eigenvalue weighted by molar-refractivity contribution is 5.98. The molecule has 1 aromatic carbocycles. The Morgan fingerprint density at radius 3 is 3.00 bits per heavy atom. The molecule has 1 amide bonds. The van der Waals surface area contributed by atoms with E-state index in [0.29, 0.717) is 0 Å². The van der Waals surface area contributed by atoms with Crippen LogP contribution in [0.5, 0.6) is 0 Å². The monoisotopic (exact) mass is 271 g/mol. The standard InChI is InChI=1S/C14H17N5O/c1-19-9-16-18-13(19)10-5-2-3-6-11(10)17-14(20)12-7-4-8-15-12/h2-3,5-6,9,12,15H,4,7-8H2,1H3,(H,17,20). The molecule has 0 radical (unpaired) electrons. The van der Waals surface area contributed by atoms with Crippen LogP contribution in [0, 0.1) is 0 Å². The van der Waals surface area contributed by atoms with E-state index < -0.39 is 0 Å². The van der Waals surface area contributed by atoms with Crippen LogP contribution >= 0.6 is 0 Å². The van der Waals surface area contributed by atoms with Crippen LogP contribution in [-0.4, -0.2) is 33.3 Å². The molecule has 1 aliphatic heterocycles. The number of benzene rings is 1. The average molecular weight is 271 g/mol. The van der Waals surface area contributed by atoms with E-state index in [1.54, 1.807) is 6.33 Å². The molecule has 3 rings (SSSR count). The normalized spacial score (nSPS) is 18.1. The number of para-hydroxylation sites is 1. The molecule has 104 valence electrons. The first-order valence-electron chi connectivity index (χ1n) is 6.73. The van der Waals surface area contributed by atoms with Crippen LogP contribution in [0.15, 0.2) is 30.6 Å². The van der Waals surface area contributed by atoms with Crippen LogP contribution in [0.1, 0.15) is 12.8 Å². The first-order valence-corrected chi connectivity index (χ1v) is 6.73. The largest absolute Gasteiger partial charge is 0.324 e. The van der Waals surface area contributed by atoms with Crippen molar-refractivity contribution in [1.82, 2.24) is 20.1 Å². The van der Waals surface area contributed by atoms with Crippen molar-refractivity contribution in [2.45, 2.75) is 18.9 Å². The summed E-state index contributed by atoms with van der Waals surface area (Å²) in [6.45, 7) is 0.906. The molecule has 1 fully saturated rings. The first-order chi connectivity index (χ1) is 9.75. The smallest absolute Gasteiger partial charge is 0.241 e. The summed E-state index contributed by atoms with van der Waals surface area (Å²) in [5.74, 6) is 0.748. The molecule has 0 saturated carbocycles. The average Bonchev–Trinajstić information content (AvgIpc) is 3.10. The predicted octanol–water partition coefficient (Wildman–Crippen LogP) is 1.17. The van der Waals surface area contributed by atoms with Gasteiger partial charge in [0.25, 0.3) is 0 Å². The van der Waals surface area contributed by atoms with Gasteiger partial charge in [0.1, 0.15) is 6.33 Å². The van der Waals surface area contributed by atoms with Crippen molar-refractivity contribution in [1.29, 1.82) is 0 Å². The Morgan fingerprint density at radius 1 is 1.45 bits per heavy atom. The minimum Gasteiger partial charge on any atom is -0.324 e. The SMILES string of the molecule is Cn1cnnc1-c1ccccc1NC(=O)C1CCCN1. The molecule has 6 nitrogen and oxygen atoms in total. The number of hydrogen-bond donors (Lipinski definition) is 2. The second-order valence-corrected chi connectivity index (χ2v) is 4.95. The summed E-state index contributed by atoms with van der Waals surface area (Å²) in [5.41, 5.74) is 1.64. The van der Waals surface area contributed by atoms with Gasteiger partial charge in [0.2, 0.25) is 5.91 Å². The molecule has 6 heteroatoms. The van der Waals surface area contributed by atoms with Gasteiger partial charge in [0, 0.05) is 12.6 Å². The number of carbonyl (C=O) groups excluding carboxylic acids is 1. The minimum absolute atomic E-state index is 0.0112. The highest BCUT2D eigenvalue weighted by Crippen LogP contribution is 2.25. The zero-order valence-electron chi connectivity index (χ0n) is 11.3. The fourth-order valence-corrected chi connectivity index (χ4v) is 2.44. The van der Waals surface area contributed by atoms with Gasteiger partial charge in [-0.2, -0.15) is 0 Å². The van der Waals surface area contributed by atoms with Crippen LogP contribution in [-0.2, 0) is 11.8 Å². The number of nitrogens with one attached hydrogen (secondary N) is 2. The van der Waals surface area contributed by atoms with E-state index >= 15 is 0 Å². The Balaban J connectivity index is 1.86. The molecule has 0 bridgehead atoms. The van der Waals surface area contributed by atoms with Crippen LogP contribution < -0.4 is 10.6 Å². The lowest BCUT2D eigenvalue weighted by molar-refractivity contribution is -0.117. The van der Waals surface area contributed by atoms with Gasteiger partial charge in [-0.3, -0.25) is 4.79 Å². The van der Waals surface area contributed by atoms with E-state index in [-0.39, 0.29) is 11.9 Å². The molecule has 0 aliphatic carbocycles. The molecule has 1 atom stereocenters. The Labute approximate surface area is 117 Å². The van der Waals surface area contributed by atoms with E-state index in [4.69, 9.17) is 0 Å². The van der Waals surface area contributed by atoms with Gasteiger partial charge in [-0.25, -0.2) is 0 Å². The van der Waals surface area contributed by atoms with E-state index in [2.05, 4.69) is 20.8 Å². The Hall–Kier alpha value is -2.21. The molecule has 2 N–H and O–H groups in total. The molecule has 1 aromatic heterocycles. The number of aromatic nitrogens is 3. The van der Waals surface area contributed by atoms with Crippen LogP contribution in [0.25, 0.3) is 11.4 Å². The van der Waals surface area contributed by atoms with Crippen LogP contribution in [0.3, 0.4) is 0 Å². The van der Waals surface area contributed by atoms with E-state index in [1.807, 2.05) is 35.9 Å². The number of rotatable bonds is 3. The summed E-state index contributed by atoms with van der Waals surface area (Å²) in [4.78, 5) is 12.2. The lowest BCUT2D eigenvalue weighted by Gasteiger charge is -2.14. The second kappa shape index (κ2) is 5.42. The van der Waals surface area contributed by atoms with Gasteiger partial charge in [-0.15, -0.1) is 10.2 Å². The zero-order valence-corrected chi connectivity index (χ0v) is 11.3. The minimum atomic E-state index is -0.0949. The van der Waals surface area contributed by atoms with Crippen molar-refractivity contribution >= 4 is 11.6 Å². The summed E-state index contributed by atoms with van der Waals surface area (Å²) in [7, 11) is 1.88. The number of amides is 1. The van der Waals surface area contributed by atoms with Crippen molar-refractivity contribution < 1.29 is 4.79 Å². The highest BCUT2D eigenvalue weighted by Gasteiger charge is 2.23. The number of hydrogen-bond acceptors (Lipinski definition) is 4. The molecule has 2 heterocycles. The van der Waals surface area contributed by atoms with Gasteiger partial charge < -0.3 is 15.2 Å². The number of aryl methyl sites for hydroxylation is 1. The highest BCUT2D eigenvalue weighted by atomic mass is 16.2. The van der Waals surface area contributed by atoms with Gasteiger partial charge in [0.15, 0.2) is 5.82 Å². The van der Waals surface area contributed by atoms with Gasteiger partial charge in [-0.1, -0.05) is 12.1 Å². The number of nitrogens with zero attached hydrogens (tertiary/aromatic N) is 3. The summed E-state index contributed by atoms with van der Waals surface area (Å²) in [5, 5.41) is 14.2. The fraction of sp³-hybridized carbons (Fsp3) is 0.357. The van der Waals surface area contributed by atoms with Crippen molar-refractivity contribution in [3.05, 3.63) is 30.6 Å². The van der Waals surface area contributed by atoms with Crippen molar-refractivity contribution in [3.63, 3.8) is 0 Å². The zero-order chi connectivity index (χ0) is 13.9. The van der Waals surface area contributed by atoms with Gasteiger partial charge in [-0.05, 0) is 31.5 Å². The Morgan fingerprint density at radius 2 is 2.30 bits per heavy atom. The second-order valence-electron chi connectivity index (χ2n) is 4.95. The molecule has 1 unspecified atom stereocenters. The van der Waals surface area contributed by atoms with Gasteiger partial charge in [0.05, 0.1) is 11.7 Å². The molecule has 1 aliphatic rings. The van der Waals surface area contributed by atoms with Crippen molar-refractivity contribution in [2.75, 3.05) is 11.9 Å². The van der Waals surface area contributed by atoms with Crippen molar-refractivity contribution in [3.8, 4) is 11.4 Å². The summed E-state index contributed by atoms with van der Waals surface area (Å²) < 4.78 is 1.83. The molecule has 0 spiro atoms. The summed E-state index contributed by atoms with van der Waals surface area (Å²) in [6, 6.07) is 7.55. The maximum Gasteiger partial charge on any atom is 0.241 e. The first kappa shape index (κ1) is 12.8. The Bertz CT molecular complexity index is 616. The number of anilines is 1. The predicted molar refractivity (Wildman–Crippen MR) is 76.1 cm³/mol. The maximum absolute atomic E-state index is 12.2. The van der Waals surface area contributed by atoms with Crippen molar-refractivity contribution in [2.24, 2.45) is 7.05 Å². The molecule has 2 aromatic rings. The Kier molecular flexibility index (Phi) is 3.47. The van der Waals surface area contributed by atoms with E-state index in [1.165, 1.54) is 0 Å². The summed E-state index contributed by atoms with van der Waals surface area (Å²) in [6.07, 6.45) is 3.58. The lowest BCUT2D eigenvalue weighted by Crippen LogP contribution is -2.35. The number of carbonyl (C=O) groups is 1. The fourth-order valence-electron chi connectivity index (χ4n) is 2.44. The molecular formula is C14H17N5O. The van der Waals surface area contributed by atoms with Crippen LogP contribution in [0.2, 0.25) is 0 Å². The van der Waals surface area contributed by atoms with Crippen LogP contribution in [0.4, 0.5) is 5.69 Å². The molecular weight excluding hydrogens is 254 g/mol. The van der Waals surface area contributed by atoms with E-state index in [0.717, 1.165) is 36.5 Å². The van der Waals surface area contributed by atoms with E-state index in [9.17, 15) is 4.79 Å². The molecule has 20 heavy (non-hydrogen) atoms. The lowest BCUT2D eigenvalue weighted by atomic mass is 10.1. The molecule has 1 saturated heterocycles. The third kappa shape index (κ3) is 2.42. The topological polar surface area (TPSA) is 71.8 Å². The van der Waals surface area contributed by atoms with Gasteiger partial charge >= 0.3 is 0 Å². The quantitative estimate of drug-likeness (QED) is 0.879. The summed E-state index contributed by atoms with van der Waals surface area (Å²) >= 11 is 0. The maximum atomic E-state index is 12.2. The third-order valence-corrected chi connectivity index (χ3v) is 3.51. The third-order valence-electron chi connectivity index (χ3n) is 3.51.